The van der Waals surface area contributed by atoms with Crippen LogP contribution in [-0.4, -0.2) is 22.8 Å². The third kappa shape index (κ3) is 3.32. The summed E-state index contributed by atoms with van der Waals surface area (Å²) in [6.07, 6.45) is 1.38. The Balaban J connectivity index is 1.79. The van der Waals surface area contributed by atoms with E-state index in [0.717, 1.165) is 9.65 Å². The van der Waals surface area contributed by atoms with Crippen LogP contribution >= 0.6 is 23.2 Å². The number of hydrogen-bond donors (Lipinski definition) is 0. The monoisotopic (exact) mass is 433 g/mol. The summed E-state index contributed by atoms with van der Waals surface area (Å²) in [5.41, 5.74) is 2.37. The zero-order chi connectivity index (χ0) is 19.9. The number of benzene rings is 2. The number of halogens is 2. The van der Waals surface area contributed by atoms with Crippen molar-refractivity contribution in [2.45, 2.75) is 11.8 Å². The Morgan fingerprint density at radius 3 is 2.46 bits per heavy atom. The summed E-state index contributed by atoms with van der Waals surface area (Å²) in [6, 6.07) is 14.7. The first kappa shape index (κ1) is 18.7. The van der Waals surface area contributed by atoms with Crippen molar-refractivity contribution in [1.82, 2.24) is 14.3 Å². The molecule has 4 rings (SSSR count). The van der Waals surface area contributed by atoms with Gasteiger partial charge in [0.2, 0.25) is 0 Å². The van der Waals surface area contributed by atoms with Crippen LogP contribution in [0.5, 0.6) is 0 Å². The van der Waals surface area contributed by atoms with E-state index in [9.17, 15) is 8.42 Å². The van der Waals surface area contributed by atoms with Crippen molar-refractivity contribution >= 4 is 33.2 Å². The normalized spacial score (nSPS) is 11.7. The molecule has 28 heavy (non-hydrogen) atoms. The van der Waals surface area contributed by atoms with E-state index in [1.807, 2.05) is 12.1 Å². The maximum absolute atomic E-state index is 12.8. The van der Waals surface area contributed by atoms with Gasteiger partial charge in [0.15, 0.2) is 0 Å². The predicted molar refractivity (Wildman–Crippen MR) is 107 cm³/mol. The maximum atomic E-state index is 12.8. The molecule has 0 fully saturated rings. The molecule has 0 aliphatic rings. The van der Waals surface area contributed by atoms with E-state index in [-0.39, 0.29) is 4.90 Å². The summed E-state index contributed by atoms with van der Waals surface area (Å²) >= 11 is 11.9. The second-order valence-electron chi connectivity index (χ2n) is 6.01. The highest BCUT2D eigenvalue weighted by Crippen LogP contribution is 2.34. The fourth-order valence-electron chi connectivity index (χ4n) is 2.79. The molecule has 0 unspecified atom stereocenters. The fraction of sp³-hybridized carbons (Fsp3) is 0.0526. The molecule has 6 nitrogen and oxygen atoms in total. The molecule has 0 aliphatic heterocycles. The Morgan fingerprint density at radius 2 is 1.75 bits per heavy atom. The van der Waals surface area contributed by atoms with Gasteiger partial charge in [0.1, 0.15) is 11.5 Å². The summed E-state index contributed by atoms with van der Waals surface area (Å²) in [5, 5.41) is 9.28. The van der Waals surface area contributed by atoms with Crippen molar-refractivity contribution in [2.24, 2.45) is 0 Å². The van der Waals surface area contributed by atoms with E-state index < -0.39 is 10.0 Å². The second kappa shape index (κ2) is 7.09. The van der Waals surface area contributed by atoms with Crippen molar-refractivity contribution in [3.63, 3.8) is 0 Å². The minimum absolute atomic E-state index is 0.0506. The van der Waals surface area contributed by atoms with E-state index in [1.165, 1.54) is 18.3 Å². The van der Waals surface area contributed by atoms with Gasteiger partial charge in [0.25, 0.3) is 10.0 Å². The molecule has 0 bridgehead atoms. The standard InChI is InChI=1S/C19H13Cl2N3O3S/c1-12-18(19(23-27-12)13-5-7-14(20)8-6-13)17-9-10-24(22-17)28(25,26)16-4-2-3-15(21)11-16/h2-11H,1H3. The molecule has 0 aliphatic carbocycles. The third-order valence-corrected chi connectivity index (χ3v) is 6.18. The topological polar surface area (TPSA) is 78.0 Å². The molecular formula is C19H13Cl2N3O3S. The molecule has 0 spiro atoms. The minimum atomic E-state index is -3.88. The Kier molecular flexibility index (Phi) is 4.74. The number of aryl methyl sites for hydroxylation is 1. The van der Waals surface area contributed by atoms with Crippen LogP contribution in [0, 0.1) is 6.92 Å². The van der Waals surface area contributed by atoms with Crippen molar-refractivity contribution in [3.8, 4) is 22.5 Å². The van der Waals surface area contributed by atoms with Gasteiger partial charge >= 0.3 is 0 Å². The molecule has 0 amide bonds. The number of hydrogen-bond acceptors (Lipinski definition) is 5. The van der Waals surface area contributed by atoms with Gasteiger partial charge in [-0.15, -0.1) is 0 Å². The summed E-state index contributed by atoms with van der Waals surface area (Å²) in [6.45, 7) is 1.74. The van der Waals surface area contributed by atoms with Crippen LogP contribution in [0.25, 0.3) is 22.5 Å². The molecule has 2 aromatic heterocycles. The summed E-state index contributed by atoms with van der Waals surface area (Å²) in [5.74, 6) is 0.523. The Morgan fingerprint density at radius 1 is 1.00 bits per heavy atom. The molecule has 0 saturated heterocycles. The van der Waals surface area contributed by atoms with Crippen LogP contribution in [0.1, 0.15) is 5.76 Å². The van der Waals surface area contributed by atoms with Crippen molar-refractivity contribution in [3.05, 3.63) is 76.6 Å². The molecule has 142 valence electrons. The zero-order valence-electron chi connectivity index (χ0n) is 14.5. The van der Waals surface area contributed by atoms with E-state index in [4.69, 9.17) is 27.7 Å². The van der Waals surface area contributed by atoms with Gasteiger partial charge < -0.3 is 4.52 Å². The summed E-state index contributed by atoms with van der Waals surface area (Å²) in [7, 11) is -3.88. The SMILES string of the molecule is Cc1onc(-c2ccc(Cl)cc2)c1-c1ccn(S(=O)(=O)c2cccc(Cl)c2)n1. The van der Waals surface area contributed by atoms with E-state index in [0.29, 0.717) is 32.8 Å². The molecule has 2 aromatic carbocycles. The first-order valence-corrected chi connectivity index (χ1v) is 10.4. The van der Waals surface area contributed by atoms with E-state index in [1.54, 1.807) is 37.3 Å². The highest BCUT2D eigenvalue weighted by atomic mass is 35.5. The molecule has 4 aromatic rings. The quantitative estimate of drug-likeness (QED) is 0.449. The van der Waals surface area contributed by atoms with Crippen LogP contribution in [0.2, 0.25) is 10.0 Å². The van der Waals surface area contributed by atoms with Crippen molar-refractivity contribution < 1.29 is 12.9 Å². The largest absolute Gasteiger partial charge is 0.360 e. The smallest absolute Gasteiger partial charge is 0.283 e. The zero-order valence-corrected chi connectivity index (χ0v) is 16.8. The van der Waals surface area contributed by atoms with Crippen LogP contribution < -0.4 is 0 Å². The lowest BCUT2D eigenvalue weighted by molar-refractivity contribution is 0.400. The third-order valence-electron chi connectivity index (χ3n) is 4.14. The van der Waals surface area contributed by atoms with Gasteiger partial charge in [-0.25, -0.2) is 0 Å². The molecule has 0 saturated carbocycles. The van der Waals surface area contributed by atoms with E-state index in [2.05, 4.69) is 10.3 Å². The van der Waals surface area contributed by atoms with Gasteiger partial charge in [0, 0.05) is 21.8 Å². The lowest BCUT2D eigenvalue weighted by Crippen LogP contribution is -2.13. The number of nitrogens with zero attached hydrogens (tertiary/aromatic N) is 3. The van der Waals surface area contributed by atoms with Crippen LogP contribution in [0.3, 0.4) is 0 Å². The Labute approximate surface area is 171 Å². The molecule has 9 heteroatoms. The van der Waals surface area contributed by atoms with E-state index >= 15 is 0 Å². The average Bonchev–Trinajstić information content (AvgIpc) is 3.29. The summed E-state index contributed by atoms with van der Waals surface area (Å²) in [4.78, 5) is 0.0506. The lowest BCUT2D eigenvalue weighted by Gasteiger charge is -2.05. The predicted octanol–water partition coefficient (Wildman–Crippen LogP) is 5.06. The fourth-order valence-corrected chi connectivity index (χ4v) is 4.33. The molecule has 2 heterocycles. The second-order valence-corrected chi connectivity index (χ2v) is 8.67. The Bertz CT molecular complexity index is 1260. The first-order valence-electron chi connectivity index (χ1n) is 8.15. The van der Waals surface area contributed by atoms with Crippen LogP contribution in [0.4, 0.5) is 0 Å². The van der Waals surface area contributed by atoms with Gasteiger partial charge in [-0.1, -0.05) is 46.6 Å². The highest BCUT2D eigenvalue weighted by molar-refractivity contribution is 7.89. The Hall–Kier alpha value is -2.61. The molecular weight excluding hydrogens is 421 g/mol. The van der Waals surface area contributed by atoms with Crippen molar-refractivity contribution in [1.29, 1.82) is 0 Å². The molecule has 0 atom stereocenters. The van der Waals surface area contributed by atoms with Gasteiger partial charge in [-0.05, 0) is 43.3 Å². The number of aromatic nitrogens is 3. The lowest BCUT2D eigenvalue weighted by atomic mass is 10.0. The summed E-state index contributed by atoms with van der Waals surface area (Å²) < 4.78 is 31.9. The molecule has 0 radical (unpaired) electrons. The highest BCUT2D eigenvalue weighted by Gasteiger charge is 2.23. The van der Waals surface area contributed by atoms with Gasteiger partial charge in [0.05, 0.1) is 16.2 Å². The van der Waals surface area contributed by atoms with Crippen LogP contribution in [0.15, 0.2) is 70.2 Å². The van der Waals surface area contributed by atoms with Crippen LogP contribution in [-0.2, 0) is 10.0 Å². The first-order chi connectivity index (χ1) is 13.4. The minimum Gasteiger partial charge on any atom is -0.360 e. The maximum Gasteiger partial charge on any atom is 0.283 e. The number of rotatable bonds is 4. The molecule has 0 N–H and O–H groups in total. The average molecular weight is 434 g/mol. The van der Waals surface area contributed by atoms with Crippen molar-refractivity contribution in [2.75, 3.05) is 0 Å². The van der Waals surface area contributed by atoms with Gasteiger partial charge in [-0.3, -0.25) is 0 Å². The van der Waals surface area contributed by atoms with Gasteiger partial charge in [-0.2, -0.15) is 17.6 Å².